The minimum atomic E-state index is -4.61. The summed E-state index contributed by atoms with van der Waals surface area (Å²) >= 11 is 5.46. The van der Waals surface area contributed by atoms with Crippen LogP contribution >= 0.6 is 12.2 Å². The molecule has 6 N–H and O–H groups in total. The van der Waals surface area contributed by atoms with E-state index < -0.39 is 23.6 Å². The largest absolute Gasteiger partial charge is 0.416 e. The molecule has 3 aromatic carbocycles. The lowest BCUT2D eigenvalue weighted by atomic mass is 10.1. The van der Waals surface area contributed by atoms with E-state index in [1.54, 1.807) is 0 Å². The summed E-state index contributed by atoms with van der Waals surface area (Å²) in [6.45, 7) is 3.67. The Kier molecular flexibility index (Phi) is 9.46. The summed E-state index contributed by atoms with van der Waals surface area (Å²) in [5.41, 5.74) is 8.17. The van der Waals surface area contributed by atoms with Crippen LogP contribution in [0.5, 0.6) is 0 Å². The number of amides is 2. The van der Waals surface area contributed by atoms with Crippen LogP contribution in [0.15, 0.2) is 66.7 Å². The highest BCUT2D eigenvalue weighted by Gasteiger charge is 2.31. The zero-order valence-electron chi connectivity index (χ0n) is 22.3. The van der Waals surface area contributed by atoms with Crippen molar-refractivity contribution in [1.29, 1.82) is 0 Å². The fourth-order valence-electron chi connectivity index (χ4n) is 4.52. The first kappa shape index (κ1) is 29.8. The number of rotatable bonds is 8. The lowest BCUT2D eigenvalue weighted by Crippen LogP contribution is -2.43. The van der Waals surface area contributed by atoms with Gasteiger partial charge in [-0.15, -0.1) is 0 Å². The van der Waals surface area contributed by atoms with Crippen LogP contribution in [-0.4, -0.2) is 47.5 Å². The molecule has 4 rings (SSSR count). The van der Waals surface area contributed by atoms with Crippen molar-refractivity contribution in [1.82, 2.24) is 15.5 Å². The van der Waals surface area contributed by atoms with E-state index in [1.165, 1.54) is 0 Å². The number of carbonyl (C=O) groups excluding carboxylic acids is 2. The van der Waals surface area contributed by atoms with E-state index in [4.69, 9.17) is 18.0 Å². The number of thiocarbonyl (C=S) groups is 1. The van der Waals surface area contributed by atoms with Crippen molar-refractivity contribution in [2.45, 2.75) is 32.1 Å². The number of hydrogen-bond donors (Lipinski definition) is 5. The van der Waals surface area contributed by atoms with Gasteiger partial charge in [-0.1, -0.05) is 30.3 Å². The first-order chi connectivity index (χ1) is 19.5. The van der Waals surface area contributed by atoms with Crippen molar-refractivity contribution in [2.75, 3.05) is 36.0 Å². The molecule has 1 fully saturated rings. The van der Waals surface area contributed by atoms with Crippen LogP contribution in [0.3, 0.4) is 0 Å². The maximum atomic E-state index is 13.0. The predicted octanol–water partition coefficient (Wildman–Crippen LogP) is 4.53. The number of para-hydroxylation sites is 1. The quantitative estimate of drug-likeness (QED) is 0.196. The van der Waals surface area contributed by atoms with Crippen molar-refractivity contribution in [3.63, 3.8) is 0 Å². The molecule has 0 saturated carbocycles. The summed E-state index contributed by atoms with van der Waals surface area (Å²) in [6.07, 6.45) is -3.89. The number of nitrogen functional groups attached to an aromatic ring is 1. The molecule has 1 aliphatic heterocycles. The van der Waals surface area contributed by atoms with Crippen LogP contribution in [0.4, 0.5) is 30.2 Å². The third-order valence-electron chi connectivity index (χ3n) is 6.66. The monoisotopic (exact) mass is 584 g/mol. The molecule has 2 amide bonds. The first-order valence-electron chi connectivity index (χ1n) is 13.0. The van der Waals surface area contributed by atoms with E-state index in [-0.39, 0.29) is 23.8 Å². The van der Waals surface area contributed by atoms with E-state index in [9.17, 15) is 22.8 Å². The number of halogens is 3. The molecule has 216 valence electrons. The van der Waals surface area contributed by atoms with Gasteiger partial charge in [0.25, 0.3) is 5.91 Å². The van der Waals surface area contributed by atoms with Gasteiger partial charge in [-0.2, -0.15) is 13.2 Å². The SMILES string of the molecule is Cc1ccc(CN2CC[C@@H](NC(=O)CNC(=O)c3cc(C(F)(F)F)ccc3N)C2)cc1NC(=S)Nc1ccccc1. The van der Waals surface area contributed by atoms with Crippen molar-refractivity contribution in [3.8, 4) is 0 Å². The number of benzene rings is 3. The number of nitrogens with zero attached hydrogens (tertiary/aromatic N) is 1. The summed E-state index contributed by atoms with van der Waals surface area (Å²) in [6, 6.07) is 18.2. The summed E-state index contributed by atoms with van der Waals surface area (Å²) < 4.78 is 38.9. The Morgan fingerprint density at radius 1 is 1.05 bits per heavy atom. The summed E-state index contributed by atoms with van der Waals surface area (Å²) in [4.78, 5) is 27.0. The Bertz CT molecular complexity index is 1420. The van der Waals surface area contributed by atoms with Gasteiger partial charge in [-0.3, -0.25) is 14.5 Å². The Labute approximate surface area is 241 Å². The van der Waals surface area contributed by atoms with E-state index in [1.807, 2.05) is 43.3 Å². The van der Waals surface area contributed by atoms with E-state index in [2.05, 4.69) is 38.3 Å². The van der Waals surface area contributed by atoms with Crippen molar-refractivity contribution in [2.24, 2.45) is 0 Å². The second-order valence-electron chi connectivity index (χ2n) is 9.87. The molecule has 0 unspecified atom stereocenters. The number of aryl methyl sites for hydroxylation is 1. The lowest BCUT2D eigenvalue weighted by molar-refractivity contribution is -0.137. The minimum Gasteiger partial charge on any atom is -0.398 e. The number of likely N-dealkylation sites (tertiary alicyclic amines) is 1. The van der Waals surface area contributed by atoms with Gasteiger partial charge < -0.3 is 27.0 Å². The average Bonchev–Trinajstić information content (AvgIpc) is 3.35. The van der Waals surface area contributed by atoms with Gasteiger partial charge in [-0.05, 0) is 73.1 Å². The Hall–Kier alpha value is -4.16. The van der Waals surface area contributed by atoms with E-state index >= 15 is 0 Å². The molecule has 12 heteroatoms. The highest BCUT2D eigenvalue weighted by Crippen LogP contribution is 2.31. The maximum absolute atomic E-state index is 13.0. The van der Waals surface area contributed by atoms with Gasteiger partial charge in [-0.25, -0.2) is 0 Å². The van der Waals surface area contributed by atoms with Crippen LogP contribution in [0.25, 0.3) is 0 Å². The molecule has 0 aliphatic carbocycles. The number of hydrogen-bond acceptors (Lipinski definition) is 5. The number of carbonyl (C=O) groups is 2. The molecule has 8 nitrogen and oxygen atoms in total. The summed E-state index contributed by atoms with van der Waals surface area (Å²) in [7, 11) is 0. The molecule has 3 aromatic rings. The van der Waals surface area contributed by atoms with Crippen LogP contribution in [0.1, 0.15) is 33.5 Å². The predicted molar refractivity (Wildman–Crippen MR) is 157 cm³/mol. The smallest absolute Gasteiger partial charge is 0.398 e. The molecule has 0 aromatic heterocycles. The highest BCUT2D eigenvalue weighted by molar-refractivity contribution is 7.80. The average molecular weight is 585 g/mol. The van der Waals surface area contributed by atoms with Crippen molar-refractivity contribution >= 4 is 46.2 Å². The zero-order chi connectivity index (χ0) is 29.6. The minimum absolute atomic E-state index is 0.105. The molecule has 0 radical (unpaired) electrons. The van der Waals surface area contributed by atoms with Gasteiger partial charge >= 0.3 is 6.18 Å². The highest BCUT2D eigenvalue weighted by atomic mass is 32.1. The van der Waals surface area contributed by atoms with Crippen LogP contribution in [0, 0.1) is 6.92 Å². The summed E-state index contributed by atoms with van der Waals surface area (Å²) in [5, 5.41) is 12.1. The molecule has 1 atom stereocenters. The number of nitrogens with one attached hydrogen (secondary N) is 4. The van der Waals surface area contributed by atoms with Gasteiger partial charge in [0.1, 0.15) is 0 Å². The van der Waals surface area contributed by atoms with Gasteiger partial charge in [0.2, 0.25) is 5.91 Å². The fourth-order valence-corrected chi connectivity index (χ4v) is 4.75. The first-order valence-corrected chi connectivity index (χ1v) is 13.4. The van der Waals surface area contributed by atoms with Gasteiger partial charge in [0.05, 0.1) is 17.7 Å². The summed E-state index contributed by atoms with van der Waals surface area (Å²) in [5.74, 6) is -1.28. The topological polar surface area (TPSA) is 112 Å². The molecule has 1 heterocycles. The molecule has 0 bridgehead atoms. The Morgan fingerprint density at radius 2 is 1.80 bits per heavy atom. The second kappa shape index (κ2) is 13.0. The lowest BCUT2D eigenvalue weighted by Gasteiger charge is -2.19. The van der Waals surface area contributed by atoms with Gasteiger partial charge in [0, 0.05) is 42.7 Å². The van der Waals surface area contributed by atoms with E-state index in [0.717, 1.165) is 47.6 Å². The standard InChI is InChI=1S/C29H31F3N6O2S/c1-18-7-8-19(13-25(18)37-28(41)36-21-5-3-2-4-6-21)16-38-12-11-22(17-38)35-26(39)15-34-27(40)23-14-20(29(30,31)32)9-10-24(23)33/h2-10,13-14,22H,11-12,15-17,33H2,1H3,(H,34,40)(H,35,39)(H2,36,37,41)/t22-/m1/s1. The van der Waals surface area contributed by atoms with Gasteiger partial charge in [0.15, 0.2) is 5.11 Å². The molecule has 1 saturated heterocycles. The number of anilines is 3. The van der Waals surface area contributed by atoms with Crippen LogP contribution in [0.2, 0.25) is 0 Å². The third-order valence-corrected chi connectivity index (χ3v) is 6.86. The van der Waals surface area contributed by atoms with E-state index in [0.29, 0.717) is 24.3 Å². The molecule has 0 spiro atoms. The Balaban J connectivity index is 1.25. The molecule has 41 heavy (non-hydrogen) atoms. The normalized spacial score (nSPS) is 15.3. The van der Waals surface area contributed by atoms with Crippen molar-refractivity contribution < 1.29 is 22.8 Å². The van der Waals surface area contributed by atoms with Crippen molar-refractivity contribution in [3.05, 3.63) is 89.0 Å². The fraction of sp³-hybridized carbons (Fsp3) is 0.276. The maximum Gasteiger partial charge on any atom is 0.416 e. The zero-order valence-corrected chi connectivity index (χ0v) is 23.2. The van der Waals surface area contributed by atoms with Crippen LogP contribution < -0.4 is 27.0 Å². The third kappa shape index (κ3) is 8.41. The Morgan fingerprint density at radius 3 is 2.54 bits per heavy atom. The molecular formula is C29H31F3N6O2S. The number of nitrogens with two attached hydrogens (primary N) is 1. The molecule has 1 aliphatic rings. The second-order valence-corrected chi connectivity index (χ2v) is 10.3. The number of alkyl halides is 3. The van der Waals surface area contributed by atoms with Crippen LogP contribution in [-0.2, 0) is 17.5 Å². The molecular weight excluding hydrogens is 553 g/mol.